The number of aromatic nitrogens is 2. The number of alkyl halides is 2. The number of hydrogen-bond acceptors (Lipinski definition) is 5. The Morgan fingerprint density at radius 1 is 1.38 bits per heavy atom. The highest BCUT2D eigenvalue weighted by molar-refractivity contribution is 5.82. The summed E-state index contributed by atoms with van der Waals surface area (Å²) >= 11 is 0. The summed E-state index contributed by atoms with van der Waals surface area (Å²) < 4.78 is 32.9. The van der Waals surface area contributed by atoms with Crippen LogP contribution in [0.4, 0.5) is 14.5 Å². The summed E-state index contributed by atoms with van der Waals surface area (Å²) in [5, 5.41) is 15.8. The van der Waals surface area contributed by atoms with E-state index >= 15 is 0 Å². The van der Waals surface area contributed by atoms with E-state index in [1.165, 1.54) is 0 Å². The van der Waals surface area contributed by atoms with Gasteiger partial charge in [-0.2, -0.15) is 5.10 Å². The molecule has 1 heterocycles. The molecule has 0 spiro atoms. The van der Waals surface area contributed by atoms with E-state index in [1.807, 2.05) is 0 Å². The van der Waals surface area contributed by atoms with Gasteiger partial charge in [0, 0.05) is 17.6 Å². The molecule has 1 aromatic heterocycles. The molecule has 7 nitrogen and oxygen atoms in total. The van der Waals surface area contributed by atoms with E-state index in [1.54, 1.807) is 17.8 Å². The van der Waals surface area contributed by atoms with Gasteiger partial charge in [-0.15, -0.1) is 0 Å². The molecule has 0 N–H and O–H groups in total. The number of benzene rings is 1. The third kappa shape index (κ3) is 3.51. The number of nitrogens with zero attached hydrogens (tertiary/aromatic N) is 3. The Kier molecular flexibility index (Phi) is 5.15. The lowest BCUT2D eigenvalue weighted by Crippen LogP contribution is -2.25. The van der Waals surface area contributed by atoms with E-state index in [-0.39, 0.29) is 17.9 Å². The Hall–Kier alpha value is -2.58. The quantitative estimate of drug-likeness (QED) is 0.449. The van der Waals surface area contributed by atoms with Crippen molar-refractivity contribution in [3.8, 4) is 0 Å². The van der Waals surface area contributed by atoms with Crippen LogP contribution in [0.1, 0.15) is 50.6 Å². The number of nitro benzene ring substituents is 1. The molecule has 9 heteroatoms. The number of hydrogen-bond donors (Lipinski definition) is 0. The van der Waals surface area contributed by atoms with E-state index in [9.17, 15) is 23.7 Å². The van der Waals surface area contributed by atoms with E-state index in [0.717, 1.165) is 12.1 Å². The second-order valence-electron chi connectivity index (χ2n) is 6.39. The van der Waals surface area contributed by atoms with Crippen LogP contribution in [0.15, 0.2) is 18.3 Å². The number of fused-ring (bicyclic) bond motifs is 1. The van der Waals surface area contributed by atoms with Gasteiger partial charge in [0.15, 0.2) is 0 Å². The summed E-state index contributed by atoms with van der Waals surface area (Å²) in [7, 11) is 0. The number of carbonyl (C=O) groups excluding carboxylic acids is 1. The van der Waals surface area contributed by atoms with Crippen LogP contribution in [-0.2, 0) is 9.53 Å². The standard InChI is InChI=1S/C17H19F2N3O4/c1-2-26-17(23)10-3-5-12(6-4-10)21-9-11-7-15(22(24)25)13(16(18)19)8-14(11)20-21/h7-10,12,16H,2-6H2,1H3. The first kappa shape index (κ1) is 18.2. The zero-order chi connectivity index (χ0) is 18.8. The molecule has 1 aromatic carbocycles. The molecule has 1 aliphatic rings. The number of carbonyl (C=O) groups is 1. The van der Waals surface area contributed by atoms with Crippen molar-refractivity contribution >= 4 is 22.6 Å². The molecule has 0 bridgehead atoms. The Labute approximate surface area is 148 Å². The van der Waals surface area contributed by atoms with E-state index in [4.69, 9.17) is 4.74 Å². The zero-order valence-electron chi connectivity index (χ0n) is 14.2. The molecular weight excluding hydrogens is 348 g/mol. The summed E-state index contributed by atoms with van der Waals surface area (Å²) in [6.07, 6.45) is 1.46. The van der Waals surface area contributed by atoms with Crippen LogP contribution in [0.25, 0.3) is 10.9 Å². The van der Waals surface area contributed by atoms with Gasteiger partial charge in [0.25, 0.3) is 12.1 Å². The zero-order valence-corrected chi connectivity index (χ0v) is 14.2. The monoisotopic (exact) mass is 367 g/mol. The molecule has 1 saturated carbocycles. The largest absolute Gasteiger partial charge is 0.466 e. The summed E-state index contributed by atoms with van der Waals surface area (Å²) in [5.74, 6) is -0.309. The van der Waals surface area contributed by atoms with Crippen LogP contribution in [0.3, 0.4) is 0 Å². The van der Waals surface area contributed by atoms with Gasteiger partial charge in [0.1, 0.15) is 0 Å². The fourth-order valence-electron chi connectivity index (χ4n) is 3.45. The third-order valence-electron chi connectivity index (χ3n) is 4.79. The van der Waals surface area contributed by atoms with Gasteiger partial charge in [-0.05, 0) is 38.7 Å². The van der Waals surface area contributed by atoms with E-state index < -0.39 is 22.6 Å². The molecule has 0 aliphatic heterocycles. The average molecular weight is 367 g/mol. The lowest BCUT2D eigenvalue weighted by atomic mass is 9.86. The van der Waals surface area contributed by atoms with Crippen LogP contribution in [0.5, 0.6) is 0 Å². The minimum Gasteiger partial charge on any atom is -0.466 e. The Morgan fingerprint density at radius 3 is 2.65 bits per heavy atom. The van der Waals surface area contributed by atoms with Crippen molar-refractivity contribution in [2.24, 2.45) is 5.92 Å². The van der Waals surface area contributed by atoms with Crippen LogP contribution in [0.2, 0.25) is 0 Å². The van der Waals surface area contributed by atoms with Crippen LogP contribution in [0, 0.1) is 16.0 Å². The highest BCUT2D eigenvalue weighted by Crippen LogP contribution is 2.36. The maximum absolute atomic E-state index is 13.1. The Bertz CT molecular complexity index is 829. The third-order valence-corrected chi connectivity index (χ3v) is 4.79. The predicted octanol–water partition coefficient (Wildman–Crippen LogP) is 4.18. The molecule has 140 valence electrons. The smallest absolute Gasteiger partial charge is 0.308 e. The van der Waals surface area contributed by atoms with Crippen molar-refractivity contribution in [2.75, 3.05) is 6.61 Å². The minimum absolute atomic E-state index is 0.0298. The van der Waals surface area contributed by atoms with Gasteiger partial charge >= 0.3 is 5.97 Å². The number of ether oxygens (including phenoxy) is 1. The molecular formula is C17H19F2N3O4. The van der Waals surface area contributed by atoms with Gasteiger partial charge in [0.2, 0.25) is 0 Å². The normalized spacial score (nSPS) is 20.5. The molecule has 0 saturated heterocycles. The van der Waals surface area contributed by atoms with Gasteiger partial charge in [0.05, 0.1) is 34.6 Å². The van der Waals surface area contributed by atoms with Crippen molar-refractivity contribution in [3.05, 3.63) is 34.0 Å². The molecule has 26 heavy (non-hydrogen) atoms. The first-order chi connectivity index (χ1) is 12.4. The van der Waals surface area contributed by atoms with Crippen molar-refractivity contribution in [1.82, 2.24) is 9.78 Å². The predicted molar refractivity (Wildman–Crippen MR) is 89.0 cm³/mol. The summed E-state index contributed by atoms with van der Waals surface area (Å²) in [6, 6.07) is 2.26. The van der Waals surface area contributed by atoms with Crippen LogP contribution >= 0.6 is 0 Å². The Morgan fingerprint density at radius 2 is 2.08 bits per heavy atom. The van der Waals surface area contributed by atoms with Gasteiger partial charge in [-0.1, -0.05) is 0 Å². The molecule has 1 fully saturated rings. The molecule has 3 rings (SSSR count). The second-order valence-corrected chi connectivity index (χ2v) is 6.39. The molecule has 0 radical (unpaired) electrons. The van der Waals surface area contributed by atoms with Crippen molar-refractivity contribution in [1.29, 1.82) is 0 Å². The number of halogens is 2. The first-order valence-electron chi connectivity index (χ1n) is 8.52. The maximum atomic E-state index is 13.1. The van der Waals surface area contributed by atoms with Crippen molar-refractivity contribution < 1.29 is 23.2 Å². The van der Waals surface area contributed by atoms with Gasteiger partial charge < -0.3 is 4.74 Å². The summed E-state index contributed by atoms with van der Waals surface area (Å²) in [4.78, 5) is 22.0. The lowest BCUT2D eigenvalue weighted by molar-refractivity contribution is -0.386. The van der Waals surface area contributed by atoms with Gasteiger partial charge in [-0.3, -0.25) is 19.6 Å². The fraction of sp³-hybridized carbons (Fsp3) is 0.529. The summed E-state index contributed by atoms with van der Waals surface area (Å²) in [6.45, 7) is 2.13. The summed E-state index contributed by atoms with van der Waals surface area (Å²) in [5.41, 5.74) is -0.921. The van der Waals surface area contributed by atoms with Crippen LogP contribution < -0.4 is 0 Å². The number of rotatable bonds is 5. The van der Waals surface area contributed by atoms with Crippen molar-refractivity contribution in [3.63, 3.8) is 0 Å². The minimum atomic E-state index is -2.94. The van der Waals surface area contributed by atoms with Crippen molar-refractivity contribution in [2.45, 2.75) is 45.1 Å². The Balaban J connectivity index is 1.82. The highest BCUT2D eigenvalue weighted by Gasteiger charge is 2.29. The van der Waals surface area contributed by atoms with Gasteiger partial charge in [-0.25, -0.2) is 8.78 Å². The fourth-order valence-corrected chi connectivity index (χ4v) is 3.45. The molecule has 0 unspecified atom stereocenters. The first-order valence-corrected chi connectivity index (χ1v) is 8.52. The van der Waals surface area contributed by atoms with E-state index in [0.29, 0.717) is 43.2 Å². The van der Waals surface area contributed by atoms with E-state index in [2.05, 4.69) is 5.10 Å². The highest BCUT2D eigenvalue weighted by atomic mass is 19.3. The topological polar surface area (TPSA) is 87.3 Å². The average Bonchev–Trinajstić information content (AvgIpc) is 3.04. The number of nitro groups is 1. The molecule has 1 aliphatic carbocycles. The lowest BCUT2D eigenvalue weighted by Gasteiger charge is -2.27. The number of esters is 1. The second kappa shape index (κ2) is 7.35. The van der Waals surface area contributed by atoms with Crippen LogP contribution in [-0.4, -0.2) is 27.3 Å². The maximum Gasteiger partial charge on any atom is 0.308 e. The molecule has 0 atom stereocenters. The molecule has 0 amide bonds. The molecule has 2 aromatic rings. The SMILES string of the molecule is CCOC(=O)C1CCC(n2cc3cc([N+](=O)[O-])c(C(F)F)cc3n2)CC1.